The van der Waals surface area contributed by atoms with Gasteiger partial charge in [0, 0.05) is 18.6 Å². The van der Waals surface area contributed by atoms with Crippen molar-refractivity contribution in [3.63, 3.8) is 0 Å². The van der Waals surface area contributed by atoms with Gasteiger partial charge in [-0.15, -0.1) is 6.58 Å². The lowest BCUT2D eigenvalue weighted by Gasteiger charge is -2.05. The number of nitrogens with zero attached hydrogens (tertiary/aromatic N) is 1. The lowest BCUT2D eigenvalue weighted by Crippen LogP contribution is -1.90. The lowest BCUT2D eigenvalue weighted by molar-refractivity contribution is 0.411. The molecule has 0 amide bonds. The molecule has 0 unspecified atom stereocenters. The van der Waals surface area contributed by atoms with Crippen molar-refractivity contribution in [1.82, 2.24) is 4.98 Å². The first-order chi connectivity index (χ1) is 7.24. The van der Waals surface area contributed by atoms with E-state index in [1.54, 1.807) is 7.11 Å². The smallest absolute Gasteiger partial charge is 0.192 e. The van der Waals surface area contributed by atoms with E-state index in [0.29, 0.717) is 5.89 Å². The first kappa shape index (κ1) is 9.77. The minimum atomic E-state index is 0.669. The van der Waals surface area contributed by atoms with Crippen LogP contribution in [-0.2, 0) is 6.42 Å². The normalized spacial score (nSPS) is 10.5. The average Bonchev–Trinajstić information content (AvgIpc) is 2.56. The van der Waals surface area contributed by atoms with Crippen molar-refractivity contribution in [3.8, 4) is 5.75 Å². The number of aromatic nitrogens is 1. The number of ether oxygens (including phenoxy) is 1. The summed E-state index contributed by atoms with van der Waals surface area (Å²) in [6.07, 6.45) is 2.60. The molecule has 1 aromatic heterocycles. The van der Waals surface area contributed by atoms with E-state index in [-0.39, 0.29) is 0 Å². The molecule has 1 heterocycles. The van der Waals surface area contributed by atoms with Gasteiger partial charge in [0.05, 0.1) is 7.11 Å². The summed E-state index contributed by atoms with van der Waals surface area (Å²) in [5.74, 6) is 1.50. The molecule has 2 aromatic rings. The van der Waals surface area contributed by atoms with Gasteiger partial charge in [-0.25, -0.2) is 4.98 Å². The standard InChI is InChI=1S/C12H13NO2/c1-4-5-9-6-12-10(7-11(9)14-3)13-8(2)15-12/h4,6-7H,1,5H2,2-3H3. The Kier molecular flexibility index (Phi) is 2.46. The molecule has 1 aromatic carbocycles. The Hall–Kier alpha value is -1.77. The van der Waals surface area contributed by atoms with Crippen molar-refractivity contribution in [3.05, 3.63) is 36.2 Å². The summed E-state index contributed by atoms with van der Waals surface area (Å²) in [6, 6.07) is 3.85. The molecule has 15 heavy (non-hydrogen) atoms. The third-order valence-electron chi connectivity index (χ3n) is 2.26. The van der Waals surface area contributed by atoms with Gasteiger partial charge in [0.1, 0.15) is 11.3 Å². The number of benzene rings is 1. The number of methoxy groups -OCH3 is 1. The average molecular weight is 203 g/mol. The Morgan fingerprint density at radius 3 is 3.00 bits per heavy atom. The summed E-state index contributed by atoms with van der Waals surface area (Å²) in [6.45, 7) is 5.55. The third kappa shape index (κ3) is 1.73. The maximum absolute atomic E-state index is 5.45. The van der Waals surface area contributed by atoms with Gasteiger partial charge in [-0.3, -0.25) is 0 Å². The van der Waals surface area contributed by atoms with Gasteiger partial charge in [-0.1, -0.05) is 6.08 Å². The van der Waals surface area contributed by atoms with Gasteiger partial charge < -0.3 is 9.15 Å². The van der Waals surface area contributed by atoms with Gasteiger partial charge in [0.2, 0.25) is 0 Å². The zero-order valence-corrected chi connectivity index (χ0v) is 8.91. The number of oxazole rings is 1. The number of hydrogen-bond acceptors (Lipinski definition) is 3. The van der Waals surface area contributed by atoms with E-state index in [1.807, 2.05) is 25.1 Å². The van der Waals surface area contributed by atoms with Crippen LogP contribution in [0.4, 0.5) is 0 Å². The highest BCUT2D eigenvalue weighted by Gasteiger charge is 2.08. The number of fused-ring (bicyclic) bond motifs is 1. The SMILES string of the molecule is C=CCc1cc2oc(C)nc2cc1OC. The Morgan fingerprint density at radius 1 is 1.53 bits per heavy atom. The molecule has 0 atom stereocenters. The van der Waals surface area contributed by atoms with E-state index in [0.717, 1.165) is 28.8 Å². The summed E-state index contributed by atoms with van der Waals surface area (Å²) in [7, 11) is 1.65. The predicted octanol–water partition coefficient (Wildman–Crippen LogP) is 2.87. The van der Waals surface area contributed by atoms with E-state index in [2.05, 4.69) is 11.6 Å². The Morgan fingerprint density at radius 2 is 2.33 bits per heavy atom. The monoisotopic (exact) mass is 203 g/mol. The summed E-state index contributed by atoms with van der Waals surface area (Å²) in [4.78, 5) is 4.25. The second-order valence-electron chi connectivity index (χ2n) is 3.36. The molecule has 0 aliphatic rings. The molecular formula is C12H13NO2. The van der Waals surface area contributed by atoms with Gasteiger partial charge >= 0.3 is 0 Å². The first-order valence-electron chi connectivity index (χ1n) is 4.79. The Balaban J connectivity index is 2.62. The van der Waals surface area contributed by atoms with Crippen LogP contribution in [0.1, 0.15) is 11.5 Å². The Bertz CT molecular complexity index is 500. The summed E-state index contributed by atoms with van der Waals surface area (Å²) in [5, 5.41) is 0. The number of aryl methyl sites for hydroxylation is 1. The maximum atomic E-state index is 5.45. The van der Waals surface area contributed by atoms with E-state index in [9.17, 15) is 0 Å². The third-order valence-corrected chi connectivity index (χ3v) is 2.26. The minimum Gasteiger partial charge on any atom is -0.496 e. The van der Waals surface area contributed by atoms with Crippen LogP contribution in [0.2, 0.25) is 0 Å². The van der Waals surface area contributed by atoms with E-state index < -0.39 is 0 Å². The minimum absolute atomic E-state index is 0.669. The van der Waals surface area contributed by atoms with Crippen LogP contribution in [-0.4, -0.2) is 12.1 Å². The quantitative estimate of drug-likeness (QED) is 0.719. The van der Waals surface area contributed by atoms with E-state index in [4.69, 9.17) is 9.15 Å². The van der Waals surface area contributed by atoms with Crippen molar-refractivity contribution in [2.75, 3.05) is 7.11 Å². The largest absolute Gasteiger partial charge is 0.496 e. The molecule has 0 saturated heterocycles. The lowest BCUT2D eigenvalue weighted by atomic mass is 10.1. The summed E-state index contributed by atoms with van der Waals surface area (Å²) in [5.41, 5.74) is 2.69. The fourth-order valence-corrected chi connectivity index (χ4v) is 1.62. The molecule has 0 saturated carbocycles. The van der Waals surface area contributed by atoms with Gasteiger partial charge in [0.25, 0.3) is 0 Å². The van der Waals surface area contributed by atoms with E-state index >= 15 is 0 Å². The van der Waals surface area contributed by atoms with Crippen LogP contribution in [0.3, 0.4) is 0 Å². The Labute approximate surface area is 88.4 Å². The molecule has 2 rings (SSSR count). The van der Waals surface area contributed by atoms with Crippen molar-refractivity contribution >= 4 is 11.1 Å². The molecule has 0 aliphatic heterocycles. The zero-order chi connectivity index (χ0) is 10.8. The molecule has 0 N–H and O–H groups in total. The van der Waals surface area contributed by atoms with Gasteiger partial charge in [-0.05, 0) is 12.5 Å². The fraction of sp³-hybridized carbons (Fsp3) is 0.250. The molecule has 3 heteroatoms. The summed E-state index contributed by atoms with van der Waals surface area (Å²) < 4.78 is 10.7. The first-order valence-corrected chi connectivity index (χ1v) is 4.79. The maximum Gasteiger partial charge on any atom is 0.192 e. The van der Waals surface area contributed by atoms with Crippen molar-refractivity contribution in [2.24, 2.45) is 0 Å². The number of hydrogen-bond donors (Lipinski definition) is 0. The summed E-state index contributed by atoms with van der Waals surface area (Å²) >= 11 is 0. The topological polar surface area (TPSA) is 35.3 Å². The number of allylic oxidation sites excluding steroid dienone is 1. The van der Waals surface area contributed by atoms with Crippen LogP contribution >= 0.6 is 0 Å². The molecule has 0 spiro atoms. The highest BCUT2D eigenvalue weighted by Crippen LogP contribution is 2.26. The van der Waals surface area contributed by atoms with Crippen LogP contribution in [0, 0.1) is 6.92 Å². The van der Waals surface area contributed by atoms with Crippen molar-refractivity contribution in [2.45, 2.75) is 13.3 Å². The highest BCUT2D eigenvalue weighted by atomic mass is 16.5. The van der Waals surface area contributed by atoms with Crippen molar-refractivity contribution < 1.29 is 9.15 Å². The van der Waals surface area contributed by atoms with Crippen LogP contribution in [0.25, 0.3) is 11.1 Å². The van der Waals surface area contributed by atoms with Crippen LogP contribution < -0.4 is 4.74 Å². The molecule has 0 aliphatic carbocycles. The molecular weight excluding hydrogens is 190 g/mol. The zero-order valence-electron chi connectivity index (χ0n) is 8.91. The molecule has 0 radical (unpaired) electrons. The molecule has 0 bridgehead atoms. The molecule has 3 nitrogen and oxygen atoms in total. The second kappa shape index (κ2) is 3.77. The van der Waals surface area contributed by atoms with Gasteiger partial charge in [0.15, 0.2) is 11.5 Å². The van der Waals surface area contributed by atoms with Crippen LogP contribution in [0.5, 0.6) is 5.75 Å². The highest BCUT2D eigenvalue weighted by molar-refractivity contribution is 5.76. The number of rotatable bonds is 3. The van der Waals surface area contributed by atoms with E-state index in [1.165, 1.54) is 0 Å². The van der Waals surface area contributed by atoms with Crippen molar-refractivity contribution in [1.29, 1.82) is 0 Å². The molecule has 0 fully saturated rings. The van der Waals surface area contributed by atoms with Crippen LogP contribution in [0.15, 0.2) is 29.2 Å². The fourth-order valence-electron chi connectivity index (χ4n) is 1.62. The predicted molar refractivity (Wildman–Crippen MR) is 59.2 cm³/mol. The second-order valence-corrected chi connectivity index (χ2v) is 3.36. The van der Waals surface area contributed by atoms with Gasteiger partial charge in [-0.2, -0.15) is 0 Å². The molecule has 78 valence electrons.